The Morgan fingerprint density at radius 2 is 2.25 bits per heavy atom. The molecule has 2 heteroatoms. The van der Waals surface area contributed by atoms with Crippen molar-refractivity contribution in [3.8, 4) is 0 Å². The van der Waals surface area contributed by atoms with Gasteiger partial charge in [0.15, 0.2) is 0 Å². The summed E-state index contributed by atoms with van der Waals surface area (Å²) in [5, 5.41) is 0. The molecule has 0 unspecified atom stereocenters. The zero-order valence-corrected chi connectivity index (χ0v) is 5.86. The lowest BCUT2D eigenvalue weighted by Gasteiger charge is -1.95. The van der Waals surface area contributed by atoms with Crippen molar-refractivity contribution in [1.82, 2.24) is 0 Å². The van der Waals surface area contributed by atoms with Gasteiger partial charge in [0.2, 0.25) is 0 Å². The number of hydrogen-bond donors (Lipinski definition) is 1. The molecule has 0 rings (SSSR count). The zero-order chi connectivity index (χ0) is 6.24. The molecular formula is C6H12OS. The second kappa shape index (κ2) is 6.89. The first kappa shape index (κ1) is 7.89. The first-order valence-corrected chi connectivity index (χ1v) is 3.38. The maximum atomic E-state index is 4.87. The van der Waals surface area contributed by atoms with Crippen LogP contribution in [0.4, 0.5) is 0 Å². The van der Waals surface area contributed by atoms with E-state index in [1.807, 2.05) is 0 Å². The Labute approximate surface area is 56.1 Å². The van der Waals surface area contributed by atoms with E-state index in [9.17, 15) is 0 Å². The first-order valence-electron chi connectivity index (χ1n) is 2.75. The zero-order valence-electron chi connectivity index (χ0n) is 4.97. The van der Waals surface area contributed by atoms with Gasteiger partial charge in [0.1, 0.15) is 0 Å². The summed E-state index contributed by atoms with van der Waals surface area (Å²) in [6, 6.07) is 0. The SMILES string of the molecule is C=COCCCCS. The van der Waals surface area contributed by atoms with E-state index in [1.165, 1.54) is 6.26 Å². The van der Waals surface area contributed by atoms with Crippen molar-refractivity contribution in [1.29, 1.82) is 0 Å². The Hall–Kier alpha value is -0.110. The lowest BCUT2D eigenvalue weighted by Crippen LogP contribution is -1.86. The highest BCUT2D eigenvalue weighted by molar-refractivity contribution is 7.80. The number of hydrogen-bond acceptors (Lipinski definition) is 2. The summed E-state index contributed by atoms with van der Waals surface area (Å²) < 4.78 is 4.87. The third kappa shape index (κ3) is 5.89. The van der Waals surface area contributed by atoms with E-state index in [0.717, 1.165) is 25.2 Å². The van der Waals surface area contributed by atoms with Gasteiger partial charge in [0.25, 0.3) is 0 Å². The lowest BCUT2D eigenvalue weighted by atomic mass is 10.4. The normalized spacial score (nSPS) is 8.62. The van der Waals surface area contributed by atoms with Crippen molar-refractivity contribution in [2.45, 2.75) is 12.8 Å². The van der Waals surface area contributed by atoms with Crippen molar-refractivity contribution in [3.05, 3.63) is 12.8 Å². The molecule has 0 bridgehead atoms. The molecule has 1 nitrogen and oxygen atoms in total. The molecule has 0 amide bonds. The summed E-state index contributed by atoms with van der Waals surface area (Å²) >= 11 is 4.04. The Morgan fingerprint density at radius 3 is 2.75 bits per heavy atom. The average Bonchev–Trinajstić information content (AvgIpc) is 1.81. The van der Waals surface area contributed by atoms with Gasteiger partial charge in [0.05, 0.1) is 12.9 Å². The Balaban J connectivity index is 2.62. The fourth-order valence-corrected chi connectivity index (χ4v) is 0.604. The van der Waals surface area contributed by atoms with Crippen molar-refractivity contribution < 1.29 is 4.74 Å². The lowest BCUT2D eigenvalue weighted by molar-refractivity contribution is 0.245. The van der Waals surface area contributed by atoms with Gasteiger partial charge in [-0.3, -0.25) is 0 Å². The van der Waals surface area contributed by atoms with Crippen LogP contribution >= 0.6 is 12.6 Å². The summed E-state index contributed by atoms with van der Waals surface area (Å²) in [7, 11) is 0. The van der Waals surface area contributed by atoms with Crippen LogP contribution in [-0.2, 0) is 4.74 Å². The molecule has 0 aromatic carbocycles. The molecule has 0 spiro atoms. The molecule has 8 heavy (non-hydrogen) atoms. The van der Waals surface area contributed by atoms with Crippen LogP contribution in [0.2, 0.25) is 0 Å². The number of ether oxygens (including phenoxy) is 1. The van der Waals surface area contributed by atoms with Gasteiger partial charge >= 0.3 is 0 Å². The number of thiol groups is 1. The molecule has 0 saturated heterocycles. The van der Waals surface area contributed by atoms with Gasteiger partial charge in [-0.2, -0.15) is 12.6 Å². The highest BCUT2D eigenvalue weighted by Gasteiger charge is 1.81. The molecule has 0 N–H and O–H groups in total. The standard InChI is InChI=1S/C6H12OS/c1-2-7-5-3-4-6-8/h2,8H,1,3-6H2. The molecule has 0 aliphatic carbocycles. The van der Waals surface area contributed by atoms with Gasteiger partial charge < -0.3 is 4.74 Å². The van der Waals surface area contributed by atoms with Gasteiger partial charge in [0, 0.05) is 0 Å². The molecule has 0 aromatic heterocycles. The van der Waals surface area contributed by atoms with Gasteiger partial charge in [-0.15, -0.1) is 0 Å². The minimum Gasteiger partial charge on any atom is -0.502 e. The van der Waals surface area contributed by atoms with E-state index < -0.39 is 0 Å². The highest BCUT2D eigenvalue weighted by Crippen LogP contribution is 1.91. The van der Waals surface area contributed by atoms with E-state index in [-0.39, 0.29) is 0 Å². The second-order valence-electron chi connectivity index (χ2n) is 1.47. The molecule has 0 heterocycles. The Morgan fingerprint density at radius 1 is 1.50 bits per heavy atom. The highest BCUT2D eigenvalue weighted by atomic mass is 32.1. The van der Waals surface area contributed by atoms with Crippen LogP contribution in [0.25, 0.3) is 0 Å². The number of unbranched alkanes of at least 4 members (excludes halogenated alkanes) is 1. The van der Waals surface area contributed by atoms with Crippen LogP contribution in [0.15, 0.2) is 12.8 Å². The van der Waals surface area contributed by atoms with Crippen LogP contribution < -0.4 is 0 Å². The monoisotopic (exact) mass is 132 g/mol. The summed E-state index contributed by atoms with van der Waals surface area (Å²) in [5.41, 5.74) is 0. The van der Waals surface area contributed by atoms with Gasteiger partial charge in [-0.25, -0.2) is 0 Å². The predicted octanol–water partition coefficient (Wildman–Crippen LogP) is 1.86. The van der Waals surface area contributed by atoms with E-state index in [2.05, 4.69) is 19.2 Å². The molecule has 0 saturated carbocycles. The number of rotatable bonds is 5. The maximum Gasteiger partial charge on any atom is 0.0873 e. The average molecular weight is 132 g/mol. The quantitative estimate of drug-likeness (QED) is 0.341. The predicted molar refractivity (Wildman–Crippen MR) is 39.2 cm³/mol. The maximum absolute atomic E-state index is 4.87. The smallest absolute Gasteiger partial charge is 0.0873 e. The Kier molecular flexibility index (Phi) is 6.80. The van der Waals surface area contributed by atoms with Crippen LogP contribution in [0.1, 0.15) is 12.8 Å². The van der Waals surface area contributed by atoms with Crippen LogP contribution in [-0.4, -0.2) is 12.4 Å². The topological polar surface area (TPSA) is 9.23 Å². The Bertz CT molecular complexity index is 54.5. The third-order valence-electron chi connectivity index (χ3n) is 0.788. The van der Waals surface area contributed by atoms with Crippen LogP contribution in [0.3, 0.4) is 0 Å². The molecule has 0 fully saturated rings. The minimum atomic E-state index is 0.782. The first-order chi connectivity index (χ1) is 3.91. The van der Waals surface area contributed by atoms with E-state index in [0.29, 0.717) is 0 Å². The third-order valence-corrected chi connectivity index (χ3v) is 1.10. The van der Waals surface area contributed by atoms with Gasteiger partial charge in [-0.05, 0) is 18.6 Å². The largest absolute Gasteiger partial charge is 0.502 e. The van der Waals surface area contributed by atoms with E-state index in [1.54, 1.807) is 0 Å². The van der Waals surface area contributed by atoms with E-state index in [4.69, 9.17) is 4.74 Å². The summed E-state index contributed by atoms with van der Waals surface area (Å²) in [6.07, 6.45) is 3.67. The minimum absolute atomic E-state index is 0.782. The van der Waals surface area contributed by atoms with Crippen LogP contribution in [0.5, 0.6) is 0 Å². The molecule has 0 radical (unpaired) electrons. The van der Waals surface area contributed by atoms with Crippen molar-refractivity contribution in [3.63, 3.8) is 0 Å². The molecule has 48 valence electrons. The van der Waals surface area contributed by atoms with Crippen molar-refractivity contribution in [2.75, 3.05) is 12.4 Å². The van der Waals surface area contributed by atoms with Crippen LogP contribution in [0, 0.1) is 0 Å². The molecule has 0 aromatic rings. The molecule has 0 aliphatic rings. The summed E-state index contributed by atoms with van der Waals surface area (Å²) in [5.74, 6) is 0.945. The van der Waals surface area contributed by atoms with Crippen molar-refractivity contribution in [2.24, 2.45) is 0 Å². The van der Waals surface area contributed by atoms with Crippen molar-refractivity contribution >= 4 is 12.6 Å². The summed E-state index contributed by atoms with van der Waals surface area (Å²) in [4.78, 5) is 0. The summed E-state index contributed by atoms with van der Waals surface area (Å²) in [6.45, 7) is 4.20. The van der Waals surface area contributed by atoms with E-state index >= 15 is 0 Å². The fourth-order valence-electron chi connectivity index (χ4n) is 0.381. The second-order valence-corrected chi connectivity index (χ2v) is 1.92. The fraction of sp³-hybridized carbons (Fsp3) is 0.667. The molecule has 0 atom stereocenters. The molecular weight excluding hydrogens is 120 g/mol. The molecule has 0 aliphatic heterocycles. The van der Waals surface area contributed by atoms with Gasteiger partial charge in [-0.1, -0.05) is 6.58 Å².